The molecule has 2 heterocycles. The van der Waals surface area contributed by atoms with E-state index in [4.69, 9.17) is 4.98 Å². The van der Waals surface area contributed by atoms with E-state index in [2.05, 4.69) is 58.9 Å². The van der Waals surface area contributed by atoms with E-state index in [0.717, 1.165) is 12.4 Å². The predicted molar refractivity (Wildman–Crippen MR) is 104 cm³/mol. The number of nitrogens with zero attached hydrogens (tertiary/aromatic N) is 2. The molecule has 2 aromatic rings. The maximum atomic E-state index is 4.72. The zero-order chi connectivity index (χ0) is 16.9. The third-order valence-corrected chi connectivity index (χ3v) is 5.72. The molecule has 1 saturated heterocycles. The first-order chi connectivity index (χ1) is 12.4. The van der Waals surface area contributed by atoms with E-state index in [1.54, 1.807) is 0 Å². The molecule has 3 nitrogen and oxygen atoms in total. The van der Waals surface area contributed by atoms with Crippen molar-refractivity contribution in [3.05, 3.63) is 59.8 Å². The maximum absolute atomic E-state index is 4.72. The summed E-state index contributed by atoms with van der Waals surface area (Å²) < 4.78 is 0. The standard InChI is InChI=1S/C22H29N3/c1-2-8-18(9-3-1)17-25-15-7-6-12-21(25)19-13-14-22(23-16-19)24-20-10-4-5-11-20/h1-3,8-9,13-14,16,20-21H,4-7,10-12,15,17H2,(H,23,24)/t21-/m0/s1. The number of hydrogen-bond acceptors (Lipinski definition) is 3. The lowest BCUT2D eigenvalue weighted by molar-refractivity contribution is 0.140. The SMILES string of the molecule is c1ccc(CN2CCCC[C@H]2c2ccc(NC3CCCC3)nc2)cc1. The predicted octanol–water partition coefficient (Wildman–Crippen LogP) is 5.16. The molecule has 1 aliphatic heterocycles. The summed E-state index contributed by atoms with van der Waals surface area (Å²) in [4.78, 5) is 7.35. The van der Waals surface area contributed by atoms with E-state index in [9.17, 15) is 0 Å². The van der Waals surface area contributed by atoms with Gasteiger partial charge in [0.25, 0.3) is 0 Å². The molecule has 0 amide bonds. The van der Waals surface area contributed by atoms with Gasteiger partial charge in [-0.1, -0.05) is 55.7 Å². The lowest BCUT2D eigenvalue weighted by Crippen LogP contribution is -2.33. The number of nitrogens with one attached hydrogen (secondary N) is 1. The molecule has 1 atom stereocenters. The summed E-state index contributed by atoms with van der Waals surface area (Å²) in [5, 5.41) is 3.60. The van der Waals surface area contributed by atoms with Crippen molar-refractivity contribution < 1.29 is 0 Å². The molecule has 1 N–H and O–H groups in total. The van der Waals surface area contributed by atoms with Crippen LogP contribution in [-0.2, 0) is 6.54 Å². The van der Waals surface area contributed by atoms with Gasteiger partial charge in [-0.05, 0) is 49.4 Å². The highest BCUT2D eigenvalue weighted by molar-refractivity contribution is 5.37. The Hall–Kier alpha value is -1.87. The molecule has 2 aliphatic rings. The summed E-state index contributed by atoms with van der Waals surface area (Å²) in [7, 11) is 0. The van der Waals surface area contributed by atoms with E-state index in [-0.39, 0.29) is 0 Å². The highest BCUT2D eigenvalue weighted by atomic mass is 15.2. The quantitative estimate of drug-likeness (QED) is 0.817. The van der Waals surface area contributed by atoms with Gasteiger partial charge < -0.3 is 5.32 Å². The zero-order valence-electron chi connectivity index (χ0n) is 15.0. The first-order valence-electron chi connectivity index (χ1n) is 9.89. The van der Waals surface area contributed by atoms with Crippen molar-refractivity contribution in [3.8, 4) is 0 Å². The highest BCUT2D eigenvalue weighted by Crippen LogP contribution is 2.32. The van der Waals surface area contributed by atoms with Crippen LogP contribution in [0.4, 0.5) is 5.82 Å². The fraction of sp³-hybridized carbons (Fsp3) is 0.500. The largest absolute Gasteiger partial charge is 0.367 e. The Labute approximate surface area is 151 Å². The van der Waals surface area contributed by atoms with Crippen LogP contribution in [0.25, 0.3) is 0 Å². The van der Waals surface area contributed by atoms with Crippen LogP contribution in [0.1, 0.15) is 62.1 Å². The molecule has 1 aromatic heterocycles. The third kappa shape index (κ3) is 4.21. The van der Waals surface area contributed by atoms with E-state index < -0.39 is 0 Å². The minimum Gasteiger partial charge on any atom is -0.367 e. The second kappa shape index (κ2) is 8.01. The fourth-order valence-corrected chi connectivity index (χ4v) is 4.34. The molecular weight excluding hydrogens is 306 g/mol. The second-order valence-corrected chi connectivity index (χ2v) is 7.57. The Morgan fingerprint density at radius 2 is 1.72 bits per heavy atom. The van der Waals surface area contributed by atoms with Crippen molar-refractivity contribution in [2.24, 2.45) is 0 Å². The van der Waals surface area contributed by atoms with Crippen molar-refractivity contribution in [1.82, 2.24) is 9.88 Å². The smallest absolute Gasteiger partial charge is 0.126 e. The Balaban J connectivity index is 1.44. The van der Waals surface area contributed by atoms with Gasteiger partial charge in [0.05, 0.1) is 0 Å². The number of hydrogen-bond donors (Lipinski definition) is 1. The van der Waals surface area contributed by atoms with Crippen LogP contribution in [0.5, 0.6) is 0 Å². The average molecular weight is 335 g/mol. The first kappa shape index (κ1) is 16.6. The van der Waals surface area contributed by atoms with Gasteiger partial charge in [0.15, 0.2) is 0 Å². The lowest BCUT2D eigenvalue weighted by atomic mass is 9.95. The number of likely N-dealkylation sites (tertiary alicyclic amines) is 1. The molecule has 132 valence electrons. The van der Waals surface area contributed by atoms with Gasteiger partial charge in [-0.25, -0.2) is 4.98 Å². The number of rotatable bonds is 5. The van der Waals surface area contributed by atoms with Gasteiger partial charge in [-0.3, -0.25) is 4.90 Å². The number of benzene rings is 1. The van der Waals surface area contributed by atoms with Crippen LogP contribution in [0.2, 0.25) is 0 Å². The Morgan fingerprint density at radius 3 is 2.48 bits per heavy atom. The third-order valence-electron chi connectivity index (χ3n) is 5.72. The monoisotopic (exact) mass is 335 g/mol. The molecule has 0 bridgehead atoms. The molecule has 0 spiro atoms. The van der Waals surface area contributed by atoms with Crippen molar-refractivity contribution in [1.29, 1.82) is 0 Å². The van der Waals surface area contributed by atoms with Gasteiger partial charge in [0.2, 0.25) is 0 Å². The topological polar surface area (TPSA) is 28.2 Å². The van der Waals surface area contributed by atoms with Crippen molar-refractivity contribution in [2.75, 3.05) is 11.9 Å². The van der Waals surface area contributed by atoms with E-state index >= 15 is 0 Å². The Bertz CT molecular complexity index is 647. The summed E-state index contributed by atoms with van der Waals surface area (Å²) in [6, 6.07) is 16.4. The second-order valence-electron chi connectivity index (χ2n) is 7.57. The number of anilines is 1. The zero-order valence-corrected chi connectivity index (χ0v) is 15.0. The highest BCUT2D eigenvalue weighted by Gasteiger charge is 2.24. The molecule has 25 heavy (non-hydrogen) atoms. The van der Waals surface area contributed by atoms with Crippen molar-refractivity contribution in [2.45, 2.75) is 63.6 Å². The van der Waals surface area contributed by atoms with Gasteiger partial charge >= 0.3 is 0 Å². The van der Waals surface area contributed by atoms with Crippen LogP contribution < -0.4 is 5.32 Å². The van der Waals surface area contributed by atoms with Crippen LogP contribution in [0.3, 0.4) is 0 Å². The van der Waals surface area contributed by atoms with Gasteiger partial charge in [0.1, 0.15) is 5.82 Å². The Morgan fingerprint density at radius 1 is 0.920 bits per heavy atom. The van der Waals surface area contributed by atoms with E-state index in [0.29, 0.717) is 12.1 Å². The number of aromatic nitrogens is 1. The molecule has 1 saturated carbocycles. The summed E-state index contributed by atoms with van der Waals surface area (Å²) >= 11 is 0. The maximum Gasteiger partial charge on any atom is 0.126 e. The minimum absolute atomic E-state index is 0.502. The van der Waals surface area contributed by atoms with Crippen molar-refractivity contribution >= 4 is 5.82 Å². The van der Waals surface area contributed by atoms with Crippen LogP contribution in [0.15, 0.2) is 48.7 Å². The molecule has 1 aromatic carbocycles. The van der Waals surface area contributed by atoms with Gasteiger partial charge in [-0.2, -0.15) is 0 Å². The summed E-state index contributed by atoms with van der Waals surface area (Å²) in [6.45, 7) is 2.22. The van der Waals surface area contributed by atoms with Crippen LogP contribution in [0, 0.1) is 0 Å². The van der Waals surface area contributed by atoms with Crippen molar-refractivity contribution in [3.63, 3.8) is 0 Å². The average Bonchev–Trinajstić information content (AvgIpc) is 3.17. The first-order valence-corrected chi connectivity index (χ1v) is 9.89. The number of pyridine rings is 1. The normalized spacial score (nSPS) is 22.2. The molecule has 3 heteroatoms. The fourth-order valence-electron chi connectivity index (χ4n) is 4.34. The van der Waals surface area contributed by atoms with E-state index in [1.807, 2.05) is 0 Å². The molecule has 2 fully saturated rings. The summed E-state index contributed by atoms with van der Waals surface area (Å²) in [5.74, 6) is 1.04. The lowest BCUT2D eigenvalue weighted by Gasteiger charge is -2.36. The van der Waals surface area contributed by atoms with E-state index in [1.165, 1.54) is 62.6 Å². The molecule has 0 unspecified atom stereocenters. The minimum atomic E-state index is 0.502. The number of piperidine rings is 1. The van der Waals surface area contributed by atoms with Crippen LogP contribution in [-0.4, -0.2) is 22.5 Å². The Kier molecular flexibility index (Phi) is 5.31. The molecular formula is C22H29N3. The van der Waals surface area contributed by atoms with Crippen LogP contribution >= 0.6 is 0 Å². The molecule has 4 rings (SSSR count). The molecule has 0 radical (unpaired) electrons. The van der Waals surface area contributed by atoms with Gasteiger partial charge in [0, 0.05) is 24.8 Å². The molecule has 1 aliphatic carbocycles. The summed E-state index contributed by atoms with van der Waals surface area (Å²) in [5.41, 5.74) is 2.77. The van der Waals surface area contributed by atoms with Gasteiger partial charge in [-0.15, -0.1) is 0 Å². The summed E-state index contributed by atoms with van der Waals surface area (Å²) in [6.07, 6.45) is 11.2.